The number of rotatable bonds is 3. The highest BCUT2D eigenvalue weighted by Gasteiger charge is 2.13. The summed E-state index contributed by atoms with van der Waals surface area (Å²) in [4.78, 5) is 16.6. The highest BCUT2D eigenvalue weighted by Crippen LogP contribution is 2.30. The zero-order valence-electron chi connectivity index (χ0n) is 11.7. The molecule has 0 aliphatic rings. The summed E-state index contributed by atoms with van der Waals surface area (Å²) in [5, 5.41) is 3.67. The van der Waals surface area contributed by atoms with E-state index in [0.29, 0.717) is 11.4 Å². The maximum Gasteiger partial charge on any atom is 0.291 e. The van der Waals surface area contributed by atoms with E-state index in [9.17, 15) is 4.79 Å². The molecule has 21 heavy (non-hydrogen) atoms. The first-order chi connectivity index (χ1) is 10.2. The number of fused-ring (bicyclic) bond motifs is 1. The highest BCUT2D eigenvalue weighted by molar-refractivity contribution is 6.08. The van der Waals surface area contributed by atoms with Crippen LogP contribution in [0.4, 0.5) is 5.69 Å². The number of ether oxygens (including phenoxy) is 1. The van der Waals surface area contributed by atoms with Gasteiger partial charge in [0.15, 0.2) is 5.76 Å². The van der Waals surface area contributed by atoms with Crippen molar-refractivity contribution in [2.75, 3.05) is 12.4 Å². The van der Waals surface area contributed by atoms with Crippen molar-refractivity contribution >= 4 is 22.5 Å². The van der Waals surface area contributed by atoms with Crippen LogP contribution < -0.4 is 10.1 Å². The molecule has 3 aromatic rings. The second kappa shape index (κ2) is 5.28. The van der Waals surface area contributed by atoms with Crippen LogP contribution >= 0.6 is 0 Å². The molecule has 2 heterocycles. The predicted octanol–water partition coefficient (Wildman–Crippen LogP) is 3.40. The first kappa shape index (κ1) is 13.2. The molecule has 106 valence electrons. The van der Waals surface area contributed by atoms with E-state index >= 15 is 0 Å². The third-order valence-corrected chi connectivity index (χ3v) is 3.14. The first-order valence-corrected chi connectivity index (χ1v) is 6.48. The highest BCUT2D eigenvalue weighted by atomic mass is 16.5. The number of methoxy groups -OCH3 is 1. The van der Waals surface area contributed by atoms with Gasteiger partial charge in [0.05, 0.1) is 19.1 Å². The summed E-state index contributed by atoms with van der Waals surface area (Å²) in [5.74, 6) is 0.639. The Labute approximate surface area is 121 Å². The molecule has 0 aliphatic carbocycles. The molecule has 0 aliphatic heterocycles. The molecule has 0 fully saturated rings. The third-order valence-electron chi connectivity index (χ3n) is 3.14. The fourth-order valence-corrected chi connectivity index (χ4v) is 2.21. The van der Waals surface area contributed by atoms with Gasteiger partial charge in [0.2, 0.25) is 0 Å². The molecule has 0 bridgehead atoms. The number of anilines is 1. The van der Waals surface area contributed by atoms with Crippen LogP contribution in [0.3, 0.4) is 0 Å². The van der Waals surface area contributed by atoms with Gasteiger partial charge in [0.1, 0.15) is 11.3 Å². The van der Waals surface area contributed by atoms with Crippen molar-refractivity contribution in [2.24, 2.45) is 0 Å². The minimum Gasteiger partial charge on any atom is -0.494 e. The number of furan rings is 1. The molecular weight excluding hydrogens is 268 g/mol. The van der Waals surface area contributed by atoms with Crippen LogP contribution in [0.1, 0.15) is 16.2 Å². The minimum absolute atomic E-state index is 0.264. The van der Waals surface area contributed by atoms with Gasteiger partial charge in [-0.05, 0) is 31.2 Å². The lowest BCUT2D eigenvalue weighted by Crippen LogP contribution is -2.11. The Balaban J connectivity index is 2.08. The number of carbonyl (C=O) groups is 1. The van der Waals surface area contributed by atoms with Crippen molar-refractivity contribution in [1.29, 1.82) is 0 Å². The molecule has 0 spiro atoms. The van der Waals surface area contributed by atoms with Gasteiger partial charge in [-0.25, -0.2) is 4.98 Å². The van der Waals surface area contributed by atoms with Gasteiger partial charge in [-0.1, -0.05) is 12.1 Å². The average molecular weight is 282 g/mol. The lowest BCUT2D eigenvalue weighted by atomic mass is 10.1. The van der Waals surface area contributed by atoms with Crippen molar-refractivity contribution < 1.29 is 13.9 Å². The molecule has 0 radical (unpaired) electrons. The van der Waals surface area contributed by atoms with Crippen LogP contribution in [0.2, 0.25) is 0 Å². The number of hydrogen-bond acceptors (Lipinski definition) is 4. The molecule has 0 saturated carbocycles. The smallest absolute Gasteiger partial charge is 0.291 e. The summed E-state index contributed by atoms with van der Waals surface area (Å²) in [5.41, 5.74) is 2.19. The molecular formula is C16H14N2O3. The van der Waals surface area contributed by atoms with Crippen LogP contribution in [0.25, 0.3) is 10.9 Å². The molecule has 2 aromatic heterocycles. The van der Waals surface area contributed by atoms with E-state index in [4.69, 9.17) is 9.15 Å². The Bertz CT molecular complexity index is 795. The SMILES string of the molecule is COc1cccc2c(NC(=O)c3ccco3)cc(C)nc12. The molecule has 1 amide bonds. The van der Waals surface area contributed by atoms with Crippen molar-refractivity contribution in [3.63, 3.8) is 0 Å². The van der Waals surface area contributed by atoms with Gasteiger partial charge in [0.25, 0.3) is 5.91 Å². The number of aryl methyl sites for hydroxylation is 1. The van der Waals surface area contributed by atoms with Crippen LogP contribution in [0.5, 0.6) is 5.75 Å². The number of nitrogens with zero attached hydrogens (tertiary/aromatic N) is 1. The first-order valence-electron chi connectivity index (χ1n) is 6.48. The van der Waals surface area contributed by atoms with E-state index in [0.717, 1.165) is 16.6 Å². The lowest BCUT2D eigenvalue weighted by Gasteiger charge is -2.11. The Kier molecular flexibility index (Phi) is 3.31. The summed E-state index contributed by atoms with van der Waals surface area (Å²) < 4.78 is 10.4. The van der Waals surface area contributed by atoms with E-state index in [1.807, 2.05) is 31.2 Å². The minimum atomic E-state index is -0.297. The number of para-hydroxylation sites is 1. The van der Waals surface area contributed by atoms with Gasteiger partial charge in [-0.2, -0.15) is 0 Å². The van der Waals surface area contributed by atoms with Gasteiger partial charge in [0, 0.05) is 11.1 Å². The molecule has 5 nitrogen and oxygen atoms in total. The van der Waals surface area contributed by atoms with Gasteiger partial charge < -0.3 is 14.5 Å². The van der Waals surface area contributed by atoms with E-state index in [1.54, 1.807) is 19.2 Å². The van der Waals surface area contributed by atoms with Crippen LogP contribution in [-0.2, 0) is 0 Å². The Morgan fingerprint density at radius 1 is 1.29 bits per heavy atom. The summed E-state index contributed by atoms with van der Waals surface area (Å²) in [6, 6.07) is 10.7. The second-order valence-electron chi connectivity index (χ2n) is 4.60. The topological polar surface area (TPSA) is 64.4 Å². The van der Waals surface area contributed by atoms with Gasteiger partial charge in [-0.3, -0.25) is 4.79 Å². The summed E-state index contributed by atoms with van der Waals surface area (Å²) in [6.07, 6.45) is 1.47. The molecule has 1 N–H and O–H groups in total. The lowest BCUT2D eigenvalue weighted by molar-refractivity contribution is 0.0997. The maximum atomic E-state index is 12.1. The third kappa shape index (κ3) is 2.45. The number of amides is 1. The quantitative estimate of drug-likeness (QED) is 0.799. The van der Waals surface area contributed by atoms with Crippen LogP contribution in [0, 0.1) is 6.92 Å². The normalized spacial score (nSPS) is 10.6. The van der Waals surface area contributed by atoms with Crippen molar-refractivity contribution in [3.8, 4) is 5.75 Å². The molecule has 3 rings (SSSR count). The molecule has 5 heteroatoms. The Hall–Kier alpha value is -2.82. The number of benzene rings is 1. The van der Waals surface area contributed by atoms with E-state index < -0.39 is 0 Å². The maximum absolute atomic E-state index is 12.1. The zero-order valence-corrected chi connectivity index (χ0v) is 11.7. The number of carbonyl (C=O) groups excluding carboxylic acids is 1. The molecule has 0 saturated heterocycles. The standard InChI is InChI=1S/C16H14N2O3/c1-10-9-12(18-16(19)14-7-4-8-21-14)11-5-3-6-13(20-2)15(11)17-10/h3-9H,1-2H3,(H,17,18,19). The van der Waals surface area contributed by atoms with Crippen LogP contribution in [-0.4, -0.2) is 18.0 Å². The largest absolute Gasteiger partial charge is 0.494 e. The van der Waals surface area contributed by atoms with Crippen molar-refractivity contribution in [1.82, 2.24) is 4.98 Å². The van der Waals surface area contributed by atoms with E-state index in [2.05, 4.69) is 10.3 Å². The van der Waals surface area contributed by atoms with E-state index in [1.165, 1.54) is 6.26 Å². The number of hydrogen-bond donors (Lipinski definition) is 1. The van der Waals surface area contributed by atoms with Crippen molar-refractivity contribution in [2.45, 2.75) is 6.92 Å². The fourth-order valence-electron chi connectivity index (χ4n) is 2.21. The van der Waals surface area contributed by atoms with Crippen molar-refractivity contribution in [3.05, 3.63) is 54.1 Å². The fraction of sp³-hybridized carbons (Fsp3) is 0.125. The summed E-state index contributed by atoms with van der Waals surface area (Å²) >= 11 is 0. The number of nitrogens with one attached hydrogen (secondary N) is 1. The van der Waals surface area contributed by atoms with Crippen LogP contribution in [0.15, 0.2) is 47.1 Å². The summed E-state index contributed by atoms with van der Waals surface area (Å²) in [7, 11) is 1.60. The summed E-state index contributed by atoms with van der Waals surface area (Å²) in [6.45, 7) is 1.87. The van der Waals surface area contributed by atoms with E-state index in [-0.39, 0.29) is 11.7 Å². The van der Waals surface area contributed by atoms with Gasteiger partial charge in [-0.15, -0.1) is 0 Å². The average Bonchev–Trinajstić information content (AvgIpc) is 3.01. The molecule has 0 atom stereocenters. The monoisotopic (exact) mass is 282 g/mol. The Morgan fingerprint density at radius 2 is 2.14 bits per heavy atom. The second-order valence-corrected chi connectivity index (χ2v) is 4.60. The predicted molar refractivity (Wildman–Crippen MR) is 79.7 cm³/mol. The molecule has 1 aromatic carbocycles. The molecule has 0 unspecified atom stereocenters. The van der Waals surface area contributed by atoms with Gasteiger partial charge >= 0.3 is 0 Å². The zero-order chi connectivity index (χ0) is 14.8. The number of aromatic nitrogens is 1. The number of pyridine rings is 1. The Morgan fingerprint density at radius 3 is 2.86 bits per heavy atom.